The molecule has 2 rings (SSSR count). The Kier molecular flexibility index (Phi) is 4.56. The molecule has 0 nitrogen and oxygen atoms in total. The summed E-state index contributed by atoms with van der Waals surface area (Å²) in [6.07, 6.45) is 0. The predicted molar refractivity (Wildman–Crippen MR) is 93.2 cm³/mol. The molecule has 2 aromatic carbocycles. The average molecular weight is 280 g/mol. The molecule has 2 aromatic rings. The summed E-state index contributed by atoms with van der Waals surface area (Å²) in [4.78, 5) is 0. The van der Waals surface area contributed by atoms with Crippen LogP contribution in [0.15, 0.2) is 48.5 Å². The van der Waals surface area contributed by atoms with Gasteiger partial charge in [-0.3, -0.25) is 0 Å². The topological polar surface area (TPSA) is 0 Å². The van der Waals surface area contributed by atoms with Crippen molar-refractivity contribution < 1.29 is 0 Å². The van der Waals surface area contributed by atoms with E-state index in [2.05, 4.69) is 90.1 Å². The minimum absolute atomic E-state index is 0.223. The fraction of sp³-hybridized carbons (Fsp3) is 0.429. The van der Waals surface area contributed by atoms with Gasteiger partial charge in [0.05, 0.1) is 0 Å². The third kappa shape index (κ3) is 3.75. The van der Waals surface area contributed by atoms with E-state index in [1.165, 1.54) is 22.3 Å². The monoisotopic (exact) mass is 280 g/mol. The van der Waals surface area contributed by atoms with Crippen molar-refractivity contribution in [2.75, 3.05) is 0 Å². The second-order valence-corrected chi connectivity index (χ2v) is 7.42. The van der Waals surface area contributed by atoms with Crippen LogP contribution in [0.2, 0.25) is 0 Å². The number of hydrogen-bond acceptors (Lipinski definition) is 0. The minimum atomic E-state index is 0.223. The van der Waals surface area contributed by atoms with Gasteiger partial charge < -0.3 is 0 Å². The zero-order valence-corrected chi connectivity index (χ0v) is 14.3. The molecule has 0 aromatic heterocycles. The van der Waals surface area contributed by atoms with Crippen molar-refractivity contribution in [2.45, 2.75) is 58.8 Å². The summed E-state index contributed by atoms with van der Waals surface area (Å²) < 4.78 is 0. The second kappa shape index (κ2) is 6.05. The van der Waals surface area contributed by atoms with Gasteiger partial charge >= 0.3 is 0 Å². The molecule has 0 heteroatoms. The van der Waals surface area contributed by atoms with E-state index in [0.29, 0.717) is 11.8 Å². The fourth-order valence-corrected chi connectivity index (χ4v) is 2.63. The smallest absolute Gasteiger partial charge is 0.00610 e. The Bertz CT molecular complexity index is 565. The highest BCUT2D eigenvalue weighted by atomic mass is 14.2. The molecule has 1 atom stereocenters. The lowest BCUT2D eigenvalue weighted by Gasteiger charge is -2.20. The molecule has 0 bridgehead atoms. The first-order valence-electron chi connectivity index (χ1n) is 7.99. The Morgan fingerprint density at radius 3 is 1.38 bits per heavy atom. The Labute approximate surface area is 130 Å². The van der Waals surface area contributed by atoms with Crippen LogP contribution in [0.25, 0.3) is 0 Å². The summed E-state index contributed by atoms with van der Waals surface area (Å²) in [6.45, 7) is 13.5. The second-order valence-electron chi connectivity index (χ2n) is 7.42. The van der Waals surface area contributed by atoms with Crippen LogP contribution in [0.1, 0.15) is 75.6 Å². The van der Waals surface area contributed by atoms with Crippen LogP contribution in [0, 0.1) is 0 Å². The first-order valence-corrected chi connectivity index (χ1v) is 7.99. The standard InChI is InChI=1S/C21H28/c1-15(2)17-7-9-18(10-8-17)16(3)19-11-13-20(14-12-19)21(4,5)6/h7-16H,1-6H3. The highest BCUT2D eigenvalue weighted by Gasteiger charge is 2.14. The molecule has 0 heterocycles. The van der Waals surface area contributed by atoms with Crippen molar-refractivity contribution >= 4 is 0 Å². The van der Waals surface area contributed by atoms with Crippen LogP contribution in [-0.4, -0.2) is 0 Å². The van der Waals surface area contributed by atoms with Gasteiger partial charge in [-0.1, -0.05) is 90.1 Å². The Balaban J connectivity index is 2.21. The summed E-state index contributed by atoms with van der Waals surface area (Å²) in [5.41, 5.74) is 5.81. The Morgan fingerprint density at radius 1 is 0.619 bits per heavy atom. The van der Waals surface area contributed by atoms with Crippen molar-refractivity contribution in [3.8, 4) is 0 Å². The van der Waals surface area contributed by atoms with Crippen LogP contribution < -0.4 is 0 Å². The highest BCUT2D eigenvalue weighted by molar-refractivity contribution is 5.36. The molecule has 0 amide bonds. The molecule has 0 N–H and O–H groups in total. The molecular weight excluding hydrogens is 252 g/mol. The van der Waals surface area contributed by atoms with Gasteiger partial charge in [0.25, 0.3) is 0 Å². The molecule has 0 aliphatic rings. The van der Waals surface area contributed by atoms with E-state index < -0.39 is 0 Å². The van der Waals surface area contributed by atoms with Gasteiger partial charge in [-0.05, 0) is 33.6 Å². The zero-order valence-electron chi connectivity index (χ0n) is 14.3. The van der Waals surface area contributed by atoms with Crippen molar-refractivity contribution in [3.63, 3.8) is 0 Å². The van der Waals surface area contributed by atoms with Gasteiger partial charge in [-0.15, -0.1) is 0 Å². The van der Waals surface area contributed by atoms with Gasteiger partial charge in [-0.25, -0.2) is 0 Å². The normalized spacial score (nSPS) is 13.5. The molecular formula is C21H28. The van der Waals surface area contributed by atoms with Crippen molar-refractivity contribution in [1.29, 1.82) is 0 Å². The SMILES string of the molecule is CC(C)c1ccc(C(C)c2ccc(C(C)(C)C)cc2)cc1. The lowest BCUT2D eigenvalue weighted by molar-refractivity contribution is 0.590. The first-order chi connectivity index (χ1) is 9.79. The number of hydrogen-bond donors (Lipinski definition) is 0. The molecule has 21 heavy (non-hydrogen) atoms. The van der Waals surface area contributed by atoms with Crippen LogP contribution in [0.4, 0.5) is 0 Å². The highest BCUT2D eigenvalue weighted by Crippen LogP contribution is 2.28. The third-order valence-electron chi connectivity index (χ3n) is 4.38. The average Bonchev–Trinajstić information content (AvgIpc) is 2.46. The van der Waals surface area contributed by atoms with E-state index in [1.54, 1.807) is 0 Å². The third-order valence-corrected chi connectivity index (χ3v) is 4.38. The maximum absolute atomic E-state index is 2.29. The fourth-order valence-electron chi connectivity index (χ4n) is 2.63. The van der Waals surface area contributed by atoms with Gasteiger partial charge in [0.2, 0.25) is 0 Å². The van der Waals surface area contributed by atoms with Crippen LogP contribution in [0.3, 0.4) is 0 Å². The zero-order chi connectivity index (χ0) is 15.6. The van der Waals surface area contributed by atoms with Crippen molar-refractivity contribution in [3.05, 3.63) is 70.8 Å². The van der Waals surface area contributed by atoms with Crippen LogP contribution >= 0.6 is 0 Å². The predicted octanol–water partition coefficient (Wildman–Crippen LogP) is 6.26. The van der Waals surface area contributed by atoms with Gasteiger partial charge in [-0.2, -0.15) is 0 Å². The van der Waals surface area contributed by atoms with E-state index in [-0.39, 0.29) is 5.41 Å². The van der Waals surface area contributed by atoms with Crippen molar-refractivity contribution in [2.24, 2.45) is 0 Å². The molecule has 112 valence electrons. The van der Waals surface area contributed by atoms with E-state index >= 15 is 0 Å². The van der Waals surface area contributed by atoms with Gasteiger partial charge in [0.15, 0.2) is 0 Å². The molecule has 0 aliphatic heterocycles. The first kappa shape index (κ1) is 15.8. The number of rotatable bonds is 3. The van der Waals surface area contributed by atoms with Gasteiger partial charge in [0, 0.05) is 5.92 Å². The van der Waals surface area contributed by atoms with E-state index in [0.717, 1.165) is 0 Å². The van der Waals surface area contributed by atoms with Crippen LogP contribution in [-0.2, 0) is 5.41 Å². The molecule has 0 saturated heterocycles. The van der Waals surface area contributed by atoms with Gasteiger partial charge in [0.1, 0.15) is 0 Å². The molecule has 1 unspecified atom stereocenters. The Hall–Kier alpha value is -1.56. The number of benzene rings is 2. The largest absolute Gasteiger partial charge is 0.0587 e. The maximum atomic E-state index is 2.29. The molecule has 0 fully saturated rings. The van der Waals surface area contributed by atoms with E-state index in [4.69, 9.17) is 0 Å². The lowest BCUT2D eigenvalue weighted by atomic mass is 9.84. The van der Waals surface area contributed by atoms with Crippen molar-refractivity contribution in [1.82, 2.24) is 0 Å². The molecule has 0 radical (unpaired) electrons. The van der Waals surface area contributed by atoms with Crippen LogP contribution in [0.5, 0.6) is 0 Å². The maximum Gasteiger partial charge on any atom is 0.00610 e. The quantitative estimate of drug-likeness (QED) is 0.622. The minimum Gasteiger partial charge on any atom is -0.0587 e. The molecule has 0 aliphatic carbocycles. The Morgan fingerprint density at radius 2 is 1.00 bits per heavy atom. The molecule has 0 spiro atoms. The summed E-state index contributed by atoms with van der Waals surface area (Å²) >= 11 is 0. The molecule has 0 saturated carbocycles. The lowest BCUT2D eigenvalue weighted by Crippen LogP contribution is -2.11. The summed E-state index contributed by atoms with van der Waals surface area (Å²) in [7, 11) is 0. The summed E-state index contributed by atoms with van der Waals surface area (Å²) in [5.74, 6) is 1.04. The van der Waals surface area contributed by atoms with E-state index in [1.807, 2.05) is 0 Å². The summed E-state index contributed by atoms with van der Waals surface area (Å²) in [5, 5.41) is 0. The van der Waals surface area contributed by atoms with E-state index in [9.17, 15) is 0 Å². The summed E-state index contributed by atoms with van der Waals surface area (Å²) in [6, 6.07) is 18.2.